The van der Waals surface area contributed by atoms with Crippen LogP contribution in [-0.2, 0) is 7.05 Å². The predicted molar refractivity (Wildman–Crippen MR) is 148 cm³/mol. The van der Waals surface area contributed by atoms with Crippen molar-refractivity contribution in [2.24, 2.45) is 12.5 Å². The maximum absolute atomic E-state index is 14.9. The molecule has 3 heterocycles. The third-order valence-electron chi connectivity index (χ3n) is 7.79. The van der Waals surface area contributed by atoms with Crippen LogP contribution in [0, 0.1) is 18.2 Å². The summed E-state index contributed by atoms with van der Waals surface area (Å²) in [7, 11) is 1.64. The van der Waals surface area contributed by atoms with E-state index in [1.54, 1.807) is 43.8 Å². The molecule has 38 heavy (non-hydrogen) atoms. The van der Waals surface area contributed by atoms with Crippen LogP contribution in [0.25, 0.3) is 27.9 Å². The molecule has 1 aliphatic rings. The van der Waals surface area contributed by atoms with Gasteiger partial charge in [0.15, 0.2) is 0 Å². The van der Waals surface area contributed by atoms with Gasteiger partial charge in [-0.3, -0.25) is 9.55 Å². The number of imidazole rings is 1. The number of phenols is 1. The molecule has 5 rings (SSSR count). The zero-order chi connectivity index (χ0) is 27.6. The summed E-state index contributed by atoms with van der Waals surface area (Å²) in [5.74, 6) is -0.642. The van der Waals surface area contributed by atoms with Gasteiger partial charge in [-0.05, 0) is 49.7 Å². The largest absolute Gasteiger partial charge is 0.507 e. The van der Waals surface area contributed by atoms with Crippen LogP contribution in [0.5, 0.6) is 5.75 Å². The minimum absolute atomic E-state index is 0.113. The van der Waals surface area contributed by atoms with Crippen LogP contribution >= 0.6 is 11.6 Å². The zero-order valence-electron chi connectivity index (χ0n) is 22.0. The number of phenolic OH excluding ortho intramolecular Hbond substituents is 1. The SMILES string of the molecule is Cc1ncc(-c2cc(F)cc(-c3ccc(-n4ccn(C)c4=O)c(Cl)c3)c2O)cc1N1CC(C)(C)[C@@](C)(O)C1. The fourth-order valence-corrected chi connectivity index (χ4v) is 5.28. The molecule has 0 unspecified atom stereocenters. The fraction of sp³-hybridized carbons (Fsp3) is 0.310. The Labute approximate surface area is 225 Å². The molecule has 0 saturated carbocycles. The summed E-state index contributed by atoms with van der Waals surface area (Å²) in [4.78, 5) is 19.0. The zero-order valence-corrected chi connectivity index (χ0v) is 22.7. The van der Waals surface area contributed by atoms with E-state index in [9.17, 15) is 19.4 Å². The molecule has 2 aromatic heterocycles. The Bertz CT molecular complexity index is 1610. The first kappa shape index (κ1) is 26.0. The molecule has 198 valence electrons. The lowest BCUT2D eigenvalue weighted by molar-refractivity contribution is -0.00890. The molecule has 0 amide bonds. The molecule has 1 saturated heterocycles. The van der Waals surface area contributed by atoms with Crippen molar-refractivity contribution in [3.8, 4) is 33.7 Å². The molecule has 0 aliphatic carbocycles. The molecule has 7 nitrogen and oxygen atoms in total. The number of hydrogen-bond donors (Lipinski definition) is 2. The second-order valence-corrected chi connectivity index (χ2v) is 11.3. The average molecular weight is 537 g/mol. The standard InChI is InChI=1S/C29H30ClFN4O3/c1-17-25(34-15-28(2,3)29(4,38)16-34)11-19(14-32-17)22-13-20(31)12-21(26(22)36)18-6-7-24(23(30)10-18)35-9-8-33(5)27(35)37/h6-14,36,38H,15-16H2,1-5H3/t29-/m0/s1. The molecule has 1 fully saturated rings. The van der Waals surface area contributed by atoms with Crippen molar-refractivity contribution >= 4 is 17.3 Å². The van der Waals surface area contributed by atoms with Crippen LogP contribution in [0.15, 0.2) is 59.8 Å². The highest BCUT2D eigenvalue weighted by molar-refractivity contribution is 6.32. The Hall–Kier alpha value is -3.62. The van der Waals surface area contributed by atoms with E-state index >= 15 is 0 Å². The van der Waals surface area contributed by atoms with Crippen LogP contribution in [0.2, 0.25) is 5.02 Å². The van der Waals surface area contributed by atoms with Gasteiger partial charge in [0.25, 0.3) is 0 Å². The van der Waals surface area contributed by atoms with E-state index in [-0.39, 0.29) is 27.4 Å². The van der Waals surface area contributed by atoms with E-state index < -0.39 is 11.4 Å². The number of aryl methyl sites for hydroxylation is 2. The average Bonchev–Trinajstić information content (AvgIpc) is 3.28. The van der Waals surface area contributed by atoms with Gasteiger partial charge in [0.2, 0.25) is 0 Å². The Balaban J connectivity index is 1.56. The number of aromatic nitrogens is 3. The van der Waals surface area contributed by atoms with Gasteiger partial charge >= 0.3 is 5.69 Å². The number of hydrogen-bond acceptors (Lipinski definition) is 5. The molecule has 0 bridgehead atoms. The molecular weight excluding hydrogens is 507 g/mol. The molecule has 4 aromatic rings. The lowest BCUT2D eigenvalue weighted by atomic mass is 9.79. The van der Waals surface area contributed by atoms with Gasteiger partial charge in [-0.25, -0.2) is 9.18 Å². The third-order valence-corrected chi connectivity index (χ3v) is 8.10. The smallest absolute Gasteiger partial charge is 0.332 e. The van der Waals surface area contributed by atoms with E-state index in [1.165, 1.54) is 21.3 Å². The van der Waals surface area contributed by atoms with Gasteiger partial charge in [0.05, 0.1) is 27.7 Å². The second-order valence-electron chi connectivity index (χ2n) is 10.9. The predicted octanol–water partition coefficient (Wildman–Crippen LogP) is 5.31. The third kappa shape index (κ3) is 4.27. The Morgan fingerprint density at radius 3 is 2.26 bits per heavy atom. The highest BCUT2D eigenvalue weighted by atomic mass is 35.5. The number of aliphatic hydroxyl groups is 1. The molecule has 1 aliphatic heterocycles. The molecule has 2 N–H and O–H groups in total. The van der Waals surface area contributed by atoms with Crippen LogP contribution in [-0.4, -0.2) is 43.0 Å². The number of halogens is 2. The Morgan fingerprint density at radius 2 is 1.68 bits per heavy atom. The second kappa shape index (κ2) is 8.99. The topological polar surface area (TPSA) is 83.5 Å². The van der Waals surface area contributed by atoms with Crippen LogP contribution < -0.4 is 10.6 Å². The number of nitrogens with zero attached hydrogens (tertiary/aromatic N) is 4. The number of aromatic hydroxyl groups is 1. The summed E-state index contributed by atoms with van der Waals surface area (Å²) < 4.78 is 17.8. The minimum Gasteiger partial charge on any atom is -0.507 e. The van der Waals surface area contributed by atoms with Crippen LogP contribution in [0.3, 0.4) is 0 Å². The van der Waals surface area contributed by atoms with Gasteiger partial charge in [-0.1, -0.05) is 31.5 Å². The van der Waals surface area contributed by atoms with Crippen molar-refractivity contribution < 1.29 is 14.6 Å². The van der Waals surface area contributed by atoms with Gasteiger partial charge < -0.3 is 19.7 Å². The first-order valence-corrected chi connectivity index (χ1v) is 12.7. The van der Waals surface area contributed by atoms with Gasteiger partial charge in [0, 0.05) is 60.8 Å². The molecule has 2 aromatic carbocycles. The summed E-state index contributed by atoms with van der Waals surface area (Å²) in [6.07, 6.45) is 4.85. The van der Waals surface area contributed by atoms with Gasteiger partial charge in [-0.15, -0.1) is 0 Å². The van der Waals surface area contributed by atoms with Crippen molar-refractivity contribution in [2.75, 3.05) is 18.0 Å². The molecular formula is C29H30ClFN4O3. The minimum atomic E-state index is -0.889. The van der Waals surface area contributed by atoms with Gasteiger partial charge in [0.1, 0.15) is 11.6 Å². The van der Waals surface area contributed by atoms with E-state index in [2.05, 4.69) is 9.88 Å². The van der Waals surface area contributed by atoms with E-state index in [0.29, 0.717) is 35.5 Å². The number of benzene rings is 2. The van der Waals surface area contributed by atoms with Crippen molar-refractivity contribution in [2.45, 2.75) is 33.3 Å². The number of anilines is 1. The summed E-state index contributed by atoms with van der Waals surface area (Å²) in [5, 5.41) is 22.5. The van der Waals surface area contributed by atoms with Crippen molar-refractivity contribution in [3.05, 3.63) is 82.0 Å². The molecule has 0 spiro atoms. The quantitative estimate of drug-likeness (QED) is 0.369. The highest BCUT2D eigenvalue weighted by Crippen LogP contribution is 2.44. The van der Waals surface area contributed by atoms with E-state index in [1.807, 2.05) is 33.8 Å². The number of pyridine rings is 1. The Morgan fingerprint density at radius 1 is 1.00 bits per heavy atom. The summed E-state index contributed by atoms with van der Waals surface area (Å²) >= 11 is 6.52. The summed E-state index contributed by atoms with van der Waals surface area (Å²) in [6, 6.07) is 9.35. The number of rotatable bonds is 4. The maximum atomic E-state index is 14.9. The summed E-state index contributed by atoms with van der Waals surface area (Å²) in [5.41, 5.74) is 2.20. The van der Waals surface area contributed by atoms with Crippen LogP contribution in [0.4, 0.5) is 10.1 Å². The Kier molecular flexibility index (Phi) is 6.16. The van der Waals surface area contributed by atoms with Gasteiger partial charge in [-0.2, -0.15) is 0 Å². The normalized spacial score (nSPS) is 18.8. The number of β-amino-alcohol motifs (C(OH)–C–C–N with tert-alkyl or cyclic N) is 1. The molecule has 1 atom stereocenters. The van der Waals surface area contributed by atoms with Crippen LogP contribution in [0.1, 0.15) is 26.5 Å². The maximum Gasteiger partial charge on any atom is 0.332 e. The van der Waals surface area contributed by atoms with E-state index in [4.69, 9.17) is 11.6 Å². The fourth-order valence-electron chi connectivity index (χ4n) is 5.00. The highest BCUT2D eigenvalue weighted by Gasteiger charge is 2.48. The molecule has 9 heteroatoms. The first-order valence-electron chi connectivity index (χ1n) is 12.3. The van der Waals surface area contributed by atoms with Crippen molar-refractivity contribution in [3.63, 3.8) is 0 Å². The molecule has 0 radical (unpaired) electrons. The lowest BCUT2D eigenvalue weighted by Gasteiger charge is -2.30. The van der Waals surface area contributed by atoms with Crippen molar-refractivity contribution in [1.82, 2.24) is 14.1 Å². The van der Waals surface area contributed by atoms with E-state index in [0.717, 1.165) is 11.4 Å². The monoisotopic (exact) mass is 536 g/mol. The first-order chi connectivity index (χ1) is 17.8. The van der Waals surface area contributed by atoms with Crippen molar-refractivity contribution in [1.29, 1.82) is 0 Å². The lowest BCUT2D eigenvalue weighted by Crippen LogP contribution is -2.40. The summed E-state index contributed by atoms with van der Waals surface area (Å²) in [6.45, 7) is 8.82.